The molecule has 3 aromatic carbocycles. The molecule has 6 rings (SSSR count). The van der Waals surface area contributed by atoms with Crippen LogP contribution in [0.15, 0.2) is 72.6 Å². The van der Waals surface area contributed by atoms with Crippen molar-refractivity contribution in [2.75, 3.05) is 49.0 Å². The summed E-state index contributed by atoms with van der Waals surface area (Å²) in [5.74, 6) is -2.66. The number of carbonyl (C=O) groups excluding carboxylic acids is 3. The molecule has 3 amide bonds. The second kappa shape index (κ2) is 13.5. The van der Waals surface area contributed by atoms with Gasteiger partial charge in [-0.3, -0.25) is 24.8 Å². The molecular formula is C34H35ClFN7O5. The van der Waals surface area contributed by atoms with Crippen molar-refractivity contribution in [3.8, 4) is 0 Å². The number of nitrogens with zero attached hydrogens (tertiary/aromatic N) is 4. The molecule has 0 unspecified atom stereocenters. The summed E-state index contributed by atoms with van der Waals surface area (Å²) in [6, 6.07) is 14.9. The lowest BCUT2D eigenvalue weighted by molar-refractivity contribution is -0.136. The molecule has 3 heterocycles. The third kappa shape index (κ3) is 6.38. The lowest BCUT2D eigenvalue weighted by Crippen LogP contribution is -2.48. The van der Waals surface area contributed by atoms with Crippen molar-refractivity contribution < 1.29 is 28.7 Å². The largest absolute Gasteiger partial charge is 0.478 e. The Morgan fingerprint density at radius 3 is 2.33 bits per heavy atom. The first kappa shape index (κ1) is 32.8. The average Bonchev–Trinajstić information content (AvgIpc) is 3.58. The van der Waals surface area contributed by atoms with Crippen molar-refractivity contribution in [3.05, 3.63) is 100 Å². The minimum atomic E-state index is -1.09. The summed E-state index contributed by atoms with van der Waals surface area (Å²) in [5, 5.41) is 13.4. The van der Waals surface area contributed by atoms with Crippen LogP contribution in [0.4, 0.5) is 21.5 Å². The van der Waals surface area contributed by atoms with Gasteiger partial charge in [0, 0.05) is 51.0 Å². The van der Waals surface area contributed by atoms with Gasteiger partial charge < -0.3 is 25.1 Å². The maximum Gasteiger partial charge on any atom is 0.335 e. The quantitative estimate of drug-likeness (QED) is 0.294. The molecule has 12 nitrogen and oxygen atoms in total. The molecule has 48 heavy (non-hydrogen) atoms. The van der Waals surface area contributed by atoms with Crippen LogP contribution in [-0.4, -0.2) is 72.3 Å². The van der Waals surface area contributed by atoms with Gasteiger partial charge in [-0.1, -0.05) is 29.8 Å². The van der Waals surface area contributed by atoms with E-state index in [1.54, 1.807) is 25.1 Å². The zero-order valence-corrected chi connectivity index (χ0v) is 27.1. The summed E-state index contributed by atoms with van der Waals surface area (Å²) in [6.07, 6.45) is 3.29. The van der Waals surface area contributed by atoms with Crippen LogP contribution in [0.2, 0.25) is 5.02 Å². The summed E-state index contributed by atoms with van der Waals surface area (Å²) in [4.78, 5) is 57.5. The molecule has 4 N–H and O–H groups in total. The van der Waals surface area contributed by atoms with Crippen LogP contribution in [-0.2, 0) is 20.8 Å². The molecule has 0 radical (unpaired) electrons. The van der Waals surface area contributed by atoms with Gasteiger partial charge in [0.1, 0.15) is 11.7 Å². The number of amides is 3. The van der Waals surface area contributed by atoms with Crippen molar-refractivity contribution in [3.63, 3.8) is 0 Å². The van der Waals surface area contributed by atoms with Gasteiger partial charge in [-0.15, -0.1) is 5.53 Å². The molecule has 0 bridgehead atoms. The minimum Gasteiger partial charge on any atom is -0.478 e. The number of piperidine rings is 1. The highest BCUT2D eigenvalue weighted by molar-refractivity contribution is 6.31. The Labute approximate surface area is 281 Å². The number of carboxylic acid groups (broad SMARTS) is 1. The Morgan fingerprint density at radius 2 is 1.65 bits per heavy atom. The number of nitrogens with one attached hydrogen (secondary N) is 3. The molecule has 3 aliphatic heterocycles. The maximum absolute atomic E-state index is 14.8. The number of fused-ring (bicyclic) bond motifs is 1. The van der Waals surface area contributed by atoms with Crippen molar-refractivity contribution in [2.24, 2.45) is 5.92 Å². The Morgan fingerprint density at radius 1 is 0.958 bits per heavy atom. The van der Waals surface area contributed by atoms with Gasteiger partial charge in [-0.25, -0.2) is 9.18 Å². The topological polar surface area (TPSA) is 138 Å². The van der Waals surface area contributed by atoms with Crippen LogP contribution in [0, 0.1) is 11.7 Å². The lowest BCUT2D eigenvalue weighted by atomic mass is 9.88. The van der Waals surface area contributed by atoms with E-state index in [0.717, 1.165) is 11.3 Å². The van der Waals surface area contributed by atoms with E-state index in [4.69, 9.17) is 11.6 Å². The predicted molar refractivity (Wildman–Crippen MR) is 179 cm³/mol. The molecule has 0 aliphatic carbocycles. The molecule has 0 aromatic heterocycles. The second-order valence-electron chi connectivity index (χ2n) is 12.1. The summed E-state index contributed by atoms with van der Waals surface area (Å²) < 4.78 is 14.8. The normalized spacial score (nSPS) is 17.7. The van der Waals surface area contributed by atoms with Gasteiger partial charge in [0.05, 0.1) is 22.5 Å². The van der Waals surface area contributed by atoms with Crippen LogP contribution >= 0.6 is 11.6 Å². The average molecular weight is 676 g/mol. The Bertz CT molecular complexity index is 1790. The van der Waals surface area contributed by atoms with E-state index in [1.165, 1.54) is 52.5 Å². The van der Waals surface area contributed by atoms with Crippen LogP contribution in [0.25, 0.3) is 0 Å². The monoisotopic (exact) mass is 675 g/mol. The number of rotatable bonds is 7. The van der Waals surface area contributed by atoms with Crippen LogP contribution in [0.5, 0.6) is 0 Å². The van der Waals surface area contributed by atoms with E-state index in [0.29, 0.717) is 43.6 Å². The van der Waals surface area contributed by atoms with Gasteiger partial charge in [0.25, 0.3) is 11.8 Å². The fourth-order valence-corrected chi connectivity index (χ4v) is 6.64. The van der Waals surface area contributed by atoms with Crippen molar-refractivity contribution in [1.29, 1.82) is 0 Å². The molecular weight excluding hydrogens is 641 g/mol. The van der Waals surface area contributed by atoms with Crippen LogP contribution in [0.3, 0.4) is 0 Å². The molecule has 1 saturated heterocycles. The smallest absolute Gasteiger partial charge is 0.335 e. The highest BCUT2D eigenvalue weighted by Crippen LogP contribution is 2.38. The number of hydrazine groups is 2. The van der Waals surface area contributed by atoms with E-state index in [-0.39, 0.29) is 40.3 Å². The molecule has 1 fully saturated rings. The van der Waals surface area contributed by atoms with Gasteiger partial charge in [-0.05, 0) is 72.9 Å². The number of carboxylic acids is 1. The summed E-state index contributed by atoms with van der Waals surface area (Å²) in [7, 11) is 3.53. The standard InChI is InChI=1S/C34H35ClFN7O5/c1-40(2)32(45)20-13-16-41(17-14-20)27-7-3-5-24-23(27)15-18-42(30(24)31(44)37-22-11-9-21(10-12-22)34(47)48)33(46)26-19-43(39-38-26)28-8-4-6-25(35)29(28)36/h3-12,19-20,30,38-39H,13-18H2,1-2H3,(H,37,44)(H,47,48)/t30-/m0/s1. The van der Waals surface area contributed by atoms with Gasteiger partial charge in [-0.2, -0.15) is 0 Å². The highest BCUT2D eigenvalue weighted by atomic mass is 35.5. The van der Waals surface area contributed by atoms with Crippen molar-refractivity contribution in [2.45, 2.75) is 25.3 Å². The predicted octanol–water partition coefficient (Wildman–Crippen LogP) is 3.92. The fraction of sp³-hybridized carbons (Fsp3) is 0.294. The molecule has 14 heteroatoms. The zero-order chi connectivity index (χ0) is 34.1. The minimum absolute atomic E-state index is 0.0457. The number of halogens is 2. The van der Waals surface area contributed by atoms with Gasteiger partial charge in [0.2, 0.25) is 5.91 Å². The van der Waals surface area contributed by atoms with E-state index in [1.807, 2.05) is 18.2 Å². The zero-order valence-electron chi connectivity index (χ0n) is 26.4. The first-order chi connectivity index (χ1) is 23.0. The third-order valence-corrected chi connectivity index (χ3v) is 9.21. The summed E-state index contributed by atoms with van der Waals surface area (Å²) in [5.41, 5.74) is 8.74. The highest BCUT2D eigenvalue weighted by Gasteiger charge is 2.40. The van der Waals surface area contributed by atoms with E-state index < -0.39 is 29.6 Å². The number of benzene rings is 3. The van der Waals surface area contributed by atoms with Crippen molar-refractivity contribution in [1.82, 2.24) is 20.8 Å². The molecule has 0 saturated carbocycles. The maximum atomic E-state index is 14.8. The molecule has 0 spiro atoms. The number of anilines is 3. The number of carbonyl (C=O) groups is 4. The summed E-state index contributed by atoms with van der Waals surface area (Å²) >= 11 is 5.97. The number of hydrogen-bond donors (Lipinski definition) is 4. The SMILES string of the molecule is CN(C)C(=O)C1CCN(c2cccc3c2CCN(C(=O)C2=CN(c4cccc(Cl)c4F)NN2)[C@@H]3C(=O)Nc2ccc(C(=O)O)cc2)CC1. The second-order valence-corrected chi connectivity index (χ2v) is 12.5. The Hall–Kier alpha value is -5.14. The third-order valence-electron chi connectivity index (χ3n) is 8.92. The first-order valence-electron chi connectivity index (χ1n) is 15.5. The van der Waals surface area contributed by atoms with Gasteiger partial charge in [0.15, 0.2) is 5.82 Å². The van der Waals surface area contributed by atoms with E-state index >= 15 is 0 Å². The molecule has 1 atom stereocenters. The first-order valence-corrected chi connectivity index (χ1v) is 15.9. The van der Waals surface area contributed by atoms with E-state index in [2.05, 4.69) is 21.2 Å². The molecule has 250 valence electrons. The number of aromatic carboxylic acids is 1. The fourth-order valence-electron chi connectivity index (χ4n) is 6.47. The van der Waals surface area contributed by atoms with Crippen LogP contribution in [0.1, 0.15) is 40.4 Å². The lowest BCUT2D eigenvalue weighted by Gasteiger charge is -2.40. The van der Waals surface area contributed by atoms with Crippen molar-refractivity contribution >= 4 is 52.4 Å². The van der Waals surface area contributed by atoms with E-state index in [9.17, 15) is 28.7 Å². The van der Waals surface area contributed by atoms with Gasteiger partial charge >= 0.3 is 5.97 Å². The summed E-state index contributed by atoms with van der Waals surface area (Å²) in [6.45, 7) is 1.56. The molecule has 3 aliphatic rings. The van der Waals surface area contributed by atoms with Crippen LogP contribution < -0.4 is 26.2 Å². The Kier molecular flexibility index (Phi) is 9.24. The molecule has 3 aromatic rings. The number of hydrogen-bond acceptors (Lipinski definition) is 8. The Balaban J connectivity index is 1.31.